The average molecular weight is 395 g/mol. The number of anilines is 1. The summed E-state index contributed by atoms with van der Waals surface area (Å²) in [5.74, 6) is -2.57. The third kappa shape index (κ3) is 2.98. The van der Waals surface area contributed by atoms with Crippen molar-refractivity contribution in [3.8, 4) is 28.6 Å². The van der Waals surface area contributed by atoms with Gasteiger partial charge in [-0.3, -0.25) is 14.4 Å². The van der Waals surface area contributed by atoms with Crippen molar-refractivity contribution in [1.82, 2.24) is 0 Å². The minimum Gasteiger partial charge on any atom is -0.504 e. The van der Waals surface area contributed by atoms with E-state index >= 15 is 0 Å². The van der Waals surface area contributed by atoms with Crippen molar-refractivity contribution in [3.63, 3.8) is 0 Å². The van der Waals surface area contributed by atoms with Gasteiger partial charge in [-0.15, -0.1) is 0 Å². The molecular weight excluding hydrogens is 378 g/mol. The number of fused-ring (bicyclic) bond motifs is 1. The zero-order valence-electron chi connectivity index (χ0n) is 15.4. The van der Waals surface area contributed by atoms with Gasteiger partial charge in [0, 0.05) is 18.4 Å². The van der Waals surface area contributed by atoms with Crippen LogP contribution in [-0.2, 0) is 9.59 Å². The van der Waals surface area contributed by atoms with Gasteiger partial charge in [0.25, 0.3) is 0 Å². The first-order valence-corrected chi connectivity index (χ1v) is 8.96. The van der Waals surface area contributed by atoms with Crippen molar-refractivity contribution in [2.24, 2.45) is 0 Å². The quantitative estimate of drug-likeness (QED) is 0.449. The number of carbonyl (C=O) groups is 2. The minimum absolute atomic E-state index is 0.0235. The molecule has 8 heteroatoms. The fraction of sp³-hybridized carbons (Fsp3) is 0.190. The van der Waals surface area contributed by atoms with Crippen LogP contribution in [0.3, 0.4) is 0 Å². The number of carbonyl (C=O) groups excluding carboxylic acids is 2. The summed E-state index contributed by atoms with van der Waals surface area (Å²) in [7, 11) is 0. The highest BCUT2D eigenvalue weighted by molar-refractivity contribution is 6.19. The van der Waals surface area contributed by atoms with Crippen LogP contribution in [-0.4, -0.2) is 27.1 Å². The van der Waals surface area contributed by atoms with Crippen LogP contribution >= 0.6 is 0 Å². The Morgan fingerprint density at radius 3 is 2.28 bits per heavy atom. The molecule has 148 valence electrons. The molecule has 1 aliphatic heterocycles. The normalized spacial score (nSPS) is 14.6. The van der Waals surface area contributed by atoms with E-state index in [1.807, 2.05) is 0 Å². The summed E-state index contributed by atoms with van der Waals surface area (Å²) in [4.78, 5) is 38.7. The third-order valence-corrected chi connectivity index (χ3v) is 4.85. The number of aromatic hydroxyl groups is 3. The molecule has 8 nitrogen and oxygen atoms in total. The second kappa shape index (κ2) is 6.66. The van der Waals surface area contributed by atoms with Gasteiger partial charge in [0.1, 0.15) is 0 Å². The molecule has 3 N–H and O–H groups in total. The molecule has 0 aliphatic carbocycles. The summed E-state index contributed by atoms with van der Waals surface area (Å²) in [6.07, 6.45) is 0.852. The SMILES string of the molecule is Cc1cc(N2C(=O)CCCC2=O)c2oc(-c3ccc(O)c(O)c3)c(O)c(=O)c2c1. The highest BCUT2D eigenvalue weighted by Crippen LogP contribution is 2.38. The van der Waals surface area contributed by atoms with E-state index in [0.29, 0.717) is 12.0 Å². The first kappa shape index (κ1) is 18.5. The molecule has 0 bridgehead atoms. The first-order chi connectivity index (χ1) is 13.8. The lowest BCUT2D eigenvalue weighted by atomic mass is 10.0. The maximum Gasteiger partial charge on any atom is 0.235 e. The lowest BCUT2D eigenvalue weighted by Crippen LogP contribution is -2.40. The van der Waals surface area contributed by atoms with Crippen molar-refractivity contribution in [2.75, 3.05) is 4.90 Å². The number of hydrogen-bond acceptors (Lipinski definition) is 7. The van der Waals surface area contributed by atoms with E-state index in [-0.39, 0.29) is 46.6 Å². The van der Waals surface area contributed by atoms with Gasteiger partial charge >= 0.3 is 0 Å². The molecule has 0 saturated carbocycles. The summed E-state index contributed by atoms with van der Waals surface area (Å²) in [6, 6.07) is 6.74. The maximum atomic E-state index is 12.8. The molecule has 4 rings (SSSR count). The Balaban J connectivity index is 2.04. The number of phenolic OH excluding ortho intramolecular Hbond substituents is 2. The van der Waals surface area contributed by atoms with E-state index in [4.69, 9.17) is 4.42 Å². The topological polar surface area (TPSA) is 128 Å². The summed E-state index contributed by atoms with van der Waals surface area (Å²) in [6.45, 7) is 1.70. The second-order valence-corrected chi connectivity index (χ2v) is 6.95. The van der Waals surface area contributed by atoms with Crippen LogP contribution in [0.2, 0.25) is 0 Å². The molecule has 29 heavy (non-hydrogen) atoms. The molecule has 1 fully saturated rings. The lowest BCUT2D eigenvalue weighted by molar-refractivity contribution is -0.129. The number of amides is 2. The van der Waals surface area contributed by atoms with Gasteiger partial charge < -0.3 is 19.7 Å². The number of nitrogens with zero attached hydrogens (tertiary/aromatic N) is 1. The Kier molecular flexibility index (Phi) is 4.26. The van der Waals surface area contributed by atoms with Crippen LogP contribution < -0.4 is 10.3 Å². The van der Waals surface area contributed by atoms with E-state index in [9.17, 15) is 29.7 Å². The fourth-order valence-corrected chi connectivity index (χ4v) is 3.46. The molecule has 1 saturated heterocycles. The van der Waals surface area contributed by atoms with Gasteiger partial charge in [0.2, 0.25) is 23.0 Å². The number of rotatable bonds is 2. The molecule has 0 radical (unpaired) electrons. The van der Waals surface area contributed by atoms with Gasteiger partial charge in [0.15, 0.2) is 22.8 Å². The molecule has 3 aromatic rings. The molecule has 1 aromatic heterocycles. The predicted molar refractivity (Wildman–Crippen MR) is 104 cm³/mol. The fourth-order valence-electron chi connectivity index (χ4n) is 3.46. The number of hydrogen-bond donors (Lipinski definition) is 3. The Labute approximate surface area is 164 Å². The third-order valence-electron chi connectivity index (χ3n) is 4.85. The zero-order chi connectivity index (χ0) is 20.9. The maximum absolute atomic E-state index is 12.8. The van der Waals surface area contributed by atoms with Crippen LogP contribution in [0.4, 0.5) is 5.69 Å². The molecule has 0 atom stereocenters. The van der Waals surface area contributed by atoms with Gasteiger partial charge in [-0.05, 0) is 49.2 Å². The van der Waals surface area contributed by atoms with Crippen molar-refractivity contribution < 1.29 is 29.3 Å². The van der Waals surface area contributed by atoms with E-state index < -0.39 is 28.7 Å². The van der Waals surface area contributed by atoms with Crippen LogP contribution in [0.15, 0.2) is 39.5 Å². The zero-order valence-corrected chi connectivity index (χ0v) is 15.4. The van der Waals surface area contributed by atoms with Crippen LogP contribution in [0.1, 0.15) is 24.8 Å². The van der Waals surface area contributed by atoms with Gasteiger partial charge in [-0.1, -0.05) is 0 Å². The van der Waals surface area contributed by atoms with E-state index in [1.165, 1.54) is 18.2 Å². The van der Waals surface area contributed by atoms with Crippen molar-refractivity contribution >= 4 is 28.5 Å². The second-order valence-electron chi connectivity index (χ2n) is 6.95. The Bertz CT molecular complexity index is 1230. The van der Waals surface area contributed by atoms with Crippen LogP contribution in [0.25, 0.3) is 22.3 Å². The molecule has 0 unspecified atom stereocenters. The number of piperidine rings is 1. The number of phenols is 2. The van der Waals surface area contributed by atoms with Crippen molar-refractivity contribution in [3.05, 3.63) is 46.1 Å². The molecular formula is C21H17NO7. The van der Waals surface area contributed by atoms with Crippen LogP contribution in [0, 0.1) is 6.92 Å². The smallest absolute Gasteiger partial charge is 0.235 e. The molecule has 2 aromatic carbocycles. The van der Waals surface area contributed by atoms with E-state index in [2.05, 4.69) is 0 Å². The number of benzene rings is 2. The largest absolute Gasteiger partial charge is 0.504 e. The Hall–Kier alpha value is -3.81. The highest BCUT2D eigenvalue weighted by Gasteiger charge is 2.31. The lowest BCUT2D eigenvalue weighted by Gasteiger charge is -2.25. The minimum atomic E-state index is -0.740. The molecule has 2 heterocycles. The predicted octanol–water partition coefficient (Wildman–Crippen LogP) is 2.93. The van der Waals surface area contributed by atoms with Gasteiger partial charge in [0.05, 0.1) is 11.1 Å². The van der Waals surface area contributed by atoms with Gasteiger partial charge in [-0.2, -0.15) is 0 Å². The molecule has 0 spiro atoms. The molecule has 2 amide bonds. The Morgan fingerprint density at radius 2 is 1.62 bits per heavy atom. The van der Waals surface area contributed by atoms with Crippen molar-refractivity contribution in [1.29, 1.82) is 0 Å². The standard InChI is InChI=1S/C21H17NO7/c1-10-7-12-18(27)19(28)20(11-5-6-14(23)15(24)9-11)29-21(12)13(8-10)22-16(25)3-2-4-17(22)26/h5-9,23-24,28H,2-4H2,1H3. The monoisotopic (exact) mass is 395 g/mol. The van der Waals surface area contributed by atoms with Crippen molar-refractivity contribution in [2.45, 2.75) is 26.2 Å². The highest BCUT2D eigenvalue weighted by atomic mass is 16.4. The van der Waals surface area contributed by atoms with E-state index in [1.54, 1.807) is 13.0 Å². The summed E-state index contributed by atoms with van der Waals surface area (Å²) >= 11 is 0. The number of imide groups is 1. The average Bonchev–Trinajstić information content (AvgIpc) is 2.67. The summed E-state index contributed by atoms with van der Waals surface area (Å²) < 4.78 is 5.80. The molecule has 1 aliphatic rings. The summed E-state index contributed by atoms with van der Waals surface area (Å²) in [5, 5.41) is 29.7. The summed E-state index contributed by atoms with van der Waals surface area (Å²) in [5.41, 5.74) is 0.122. The number of aryl methyl sites for hydroxylation is 1. The van der Waals surface area contributed by atoms with Gasteiger partial charge in [-0.25, -0.2) is 4.90 Å². The Morgan fingerprint density at radius 1 is 0.931 bits per heavy atom. The van der Waals surface area contributed by atoms with E-state index in [0.717, 1.165) is 11.0 Å². The first-order valence-electron chi connectivity index (χ1n) is 8.96. The van der Waals surface area contributed by atoms with Crippen LogP contribution in [0.5, 0.6) is 17.2 Å².